The number of alkyl halides is 1. The molecule has 0 radical (unpaired) electrons. The van der Waals surface area contributed by atoms with Crippen LogP contribution < -0.4 is 0 Å². The molecule has 1 nitrogen and oxygen atoms in total. The Morgan fingerprint density at radius 1 is 0.769 bits per heavy atom. The Hall–Kier alpha value is -2.09. The summed E-state index contributed by atoms with van der Waals surface area (Å²) in [5.41, 5.74) is 3.99. The van der Waals surface area contributed by atoms with Gasteiger partial charge in [-0.15, -0.1) is 11.6 Å². The molecule has 0 aliphatic carbocycles. The zero-order valence-electron chi connectivity index (χ0n) is 14.9. The molecule has 1 fully saturated rings. The van der Waals surface area contributed by atoms with Gasteiger partial charge in [-0.05, 0) is 23.1 Å². The molecule has 26 heavy (non-hydrogen) atoms. The Morgan fingerprint density at radius 3 is 1.81 bits per heavy atom. The van der Waals surface area contributed by atoms with Crippen molar-refractivity contribution in [3.05, 3.63) is 108 Å². The second-order valence-electron chi connectivity index (χ2n) is 7.27. The summed E-state index contributed by atoms with van der Waals surface area (Å²) in [7, 11) is 0. The highest BCUT2D eigenvalue weighted by atomic mass is 35.5. The van der Waals surface area contributed by atoms with Crippen molar-refractivity contribution in [2.75, 3.05) is 13.1 Å². The summed E-state index contributed by atoms with van der Waals surface area (Å²) in [6, 6.07) is 32.4. The van der Waals surface area contributed by atoms with Crippen LogP contribution in [-0.2, 0) is 12.0 Å². The van der Waals surface area contributed by atoms with Gasteiger partial charge >= 0.3 is 0 Å². The first-order valence-electron chi connectivity index (χ1n) is 9.28. The number of halogens is 1. The third-order valence-corrected chi connectivity index (χ3v) is 5.71. The van der Waals surface area contributed by atoms with E-state index >= 15 is 0 Å². The van der Waals surface area contributed by atoms with E-state index in [1.165, 1.54) is 16.7 Å². The number of likely N-dealkylation sites (tertiary alicyclic amines) is 1. The van der Waals surface area contributed by atoms with Gasteiger partial charge in [-0.1, -0.05) is 91.0 Å². The normalized spacial score (nSPS) is 20.0. The van der Waals surface area contributed by atoms with Crippen LogP contribution in [0.4, 0.5) is 0 Å². The molecule has 0 spiro atoms. The minimum atomic E-state index is -0.0675. The number of hydrogen-bond acceptors (Lipinski definition) is 1. The predicted octanol–water partition coefficient (Wildman–Crippen LogP) is 5.49. The lowest BCUT2D eigenvalue weighted by Gasteiger charge is -2.46. The van der Waals surface area contributed by atoms with Crippen molar-refractivity contribution < 1.29 is 0 Å². The molecule has 0 aromatic heterocycles. The Balaban J connectivity index is 1.73. The van der Waals surface area contributed by atoms with E-state index < -0.39 is 0 Å². The fraction of sp³-hybridized carbons (Fsp3) is 0.250. The van der Waals surface area contributed by atoms with E-state index in [4.69, 9.17) is 11.6 Å². The van der Waals surface area contributed by atoms with Gasteiger partial charge in [-0.2, -0.15) is 0 Å². The summed E-state index contributed by atoms with van der Waals surface area (Å²) in [5, 5.41) is 0.132. The molecule has 1 aliphatic heterocycles. The number of nitrogens with zero attached hydrogens (tertiary/aromatic N) is 1. The van der Waals surface area contributed by atoms with Gasteiger partial charge in [0, 0.05) is 30.4 Å². The van der Waals surface area contributed by atoms with Crippen LogP contribution in [0.2, 0.25) is 0 Å². The molecule has 0 N–H and O–H groups in total. The van der Waals surface area contributed by atoms with Crippen LogP contribution in [0.25, 0.3) is 0 Å². The molecule has 3 aromatic rings. The van der Waals surface area contributed by atoms with Crippen molar-refractivity contribution in [1.82, 2.24) is 4.90 Å². The molecule has 0 bridgehead atoms. The first kappa shape index (κ1) is 17.3. The zero-order chi connectivity index (χ0) is 17.8. The van der Waals surface area contributed by atoms with Crippen LogP contribution in [-0.4, -0.2) is 23.4 Å². The molecule has 2 heteroatoms. The maximum atomic E-state index is 6.82. The fourth-order valence-corrected chi connectivity index (χ4v) is 4.75. The van der Waals surface area contributed by atoms with E-state index in [1.807, 2.05) is 0 Å². The monoisotopic (exact) mass is 361 g/mol. The number of piperidine rings is 1. The van der Waals surface area contributed by atoms with Gasteiger partial charge in [0.2, 0.25) is 0 Å². The lowest BCUT2D eigenvalue weighted by Crippen LogP contribution is -2.50. The van der Waals surface area contributed by atoms with Gasteiger partial charge in [0.1, 0.15) is 0 Å². The summed E-state index contributed by atoms with van der Waals surface area (Å²) < 4.78 is 0. The average Bonchev–Trinajstić information content (AvgIpc) is 2.69. The maximum Gasteiger partial charge on any atom is 0.0475 e. The van der Waals surface area contributed by atoms with E-state index in [2.05, 4.69) is 95.9 Å². The molecular weight excluding hydrogens is 338 g/mol. The molecule has 1 unspecified atom stereocenters. The molecular formula is C24H24ClN. The smallest absolute Gasteiger partial charge is 0.0475 e. The third kappa shape index (κ3) is 3.56. The average molecular weight is 362 g/mol. The van der Waals surface area contributed by atoms with Crippen LogP contribution in [0.15, 0.2) is 91.0 Å². The Bertz CT molecular complexity index is 777. The van der Waals surface area contributed by atoms with Crippen molar-refractivity contribution in [3.63, 3.8) is 0 Å². The topological polar surface area (TPSA) is 3.24 Å². The van der Waals surface area contributed by atoms with Gasteiger partial charge in [0.25, 0.3) is 0 Å². The molecule has 132 valence electrons. The fourth-order valence-electron chi connectivity index (χ4n) is 4.30. The highest BCUT2D eigenvalue weighted by molar-refractivity contribution is 6.21. The van der Waals surface area contributed by atoms with Crippen molar-refractivity contribution in [3.8, 4) is 0 Å². The van der Waals surface area contributed by atoms with Crippen molar-refractivity contribution in [2.24, 2.45) is 0 Å². The predicted molar refractivity (Wildman–Crippen MR) is 110 cm³/mol. The van der Waals surface area contributed by atoms with E-state index in [0.29, 0.717) is 0 Å². The van der Waals surface area contributed by atoms with E-state index in [0.717, 1.165) is 26.1 Å². The summed E-state index contributed by atoms with van der Waals surface area (Å²) in [5.74, 6) is 0. The van der Waals surface area contributed by atoms with E-state index in [1.54, 1.807) is 0 Å². The van der Waals surface area contributed by atoms with E-state index in [9.17, 15) is 0 Å². The largest absolute Gasteiger partial charge is 0.296 e. The van der Waals surface area contributed by atoms with Gasteiger partial charge in [-0.3, -0.25) is 4.90 Å². The van der Waals surface area contributed by atoms with Crippen molar-refractivity contribution >= 4 is 11.6 Å². The van der Waals surface area contributed by atoms with Gasteiger partial charge in [0.15, 0.2) is 0 Å². The zero-order valence-corrected chi connectivity index (χ0v) is 15.6. The van der Waals surface area contributed by atoms with Crippen LogP contribution in [0, 0.1) is 0 Å². The summed E-state index contributed by atoms with van der Waals surface area (Å²) in [6.07, 6.45) is 0.966. The summed E-state index contributed by atoms with van der Waals surface area (Å²) >= 11 is 6.82. The first-order valence-corrected chi connectivity index (χ1v) is 9.71. The minimum Gasteiger partial charge on any atom is -0.296 e. The van der Waals surface area contributed by atoms with E-state index in [-0.39, 0.29) is 10.8 Å². The Morgan fingerprint density at radius 2 is 1.27 bits per heavy atom. The first-order chi connectivity index (χ1) is 12.8. The molecule has 1 heterocycles. The lowest BCUT2D eigenvalue weighted by molar-refractivity contribution is 0.164. The Kier molecular flexibility index (Phi) is 5.10. The van der Waals surface area contributed by atoms with Crippen LogP contribution >= 0.6 is 11.6 Å². The highest BCUT2D eigenvalue weighted by Gasteiger charge is 2.41. The highest BCUT2D eigenvalue weighted by Crippen LogP contribution is 2.42. The quantitative estimate of drug-likeness (QED) is 0.556. The third-order valence-electron chi connectivity index (χ3n) is 5.42. The molecule has 0 saturated carbocycles. The van der Waals surface area contributed by atoms with Crippen LogP contribution in [0.5, 0.6) is 0 Å². The van der Waals surface area contributed by atoms with Crippen molar-refractivity contribution in [2.45, 2.75) is 23.8 Å². The number of benzene rings is 3. The van der Waals surface area contributed by atoms with Gasteiger partial charge < -0.3 is 0 Å². The molecule has 1 aliphatic rings. The number of rotatable bonds is 4. The molecule has 1 atom stereocenters. The molecule has 3 aromatic carbocycles. The van der Waals surface area contributed by atoms with Crippen LogP contribution in [0.3, 0.4) is 0 Å². The standard InChI is InChI=1S/C24H24ClN/c25-23-16-24(21-12-6-2-7-13-21,22-14-8-3-9-15-22)19-26(18-23)17-20-10-4-1-5-11-20/h1-15,23H,16-19H2. The summed E-state index contributed by atoms with van der Waals surface area (Å²) in [6.45, 7) is 2.85. The van der Waals surface area contributed by atoms with Crippen molar-refractivity contribution in [1.29, 1.82) is 0 Å². The molecule has 1 saturated heterocycles. The maximum absolute atomic E-state index is 6.82. The Labute approximate surface area is 161 Å². The summed E-state index contributed by atoms with van der Waals surface area (Å²) in [4.78, 5) is 2.51. The van der Waals surface area contributed by atoms with Gasteiger partial charge in [0.05, 0.1) is 0 Å². The van der Waals surface area contributed by atoms with Gasteiger partial charge in [-0.25, -0.2) is 0 Å². The minimum absolute atomic E-state index is 0.0675. The lowest BCUT2D eigenvalue weighted by atomic mass is 9.69. The second kappa shape index (κ2) is 7.65. The molecule has 4 rings (SSSR count). The molecule has 0 amide bonds. The van der Waals surface area contributed by atoms with Crippen LogP contribution in [0.1, 0.15) is 23.1 Å². The number of hydrogen-bond donors (Lipinski definition) is 0. The second-order valence-corrected chi connectivity index (χ2v) is 7.89. The SMILES string of the molecule is ClC1CN(Cc2ccccc2)CC(c2ccccc2)(c2ccccc2)C1.